The first-order valence-electron chi connectivity index (χ1n) is 11.2. The van der Waals surface area contributed by atoms with Gasteiger partial charge < -0.3 is 9.80 Å². The highest BCUT2D eigenvalue weighted by Gasteiger charge is 2.35. The molecular formula is C26H30N2O4. The third-order valence-electron chi connectivity index (χ3n) is 5.98. The number of nitrogens with zero attached hydrogens (tertiary/aromatic N) is 2. The molecule has 0 saturated carbocycles. The summed E-state index contributed by atoms with van der Waals surface area (Å²) < 4.78 is 0. The second kappa shape index (κ2) is 10.4. The lowest BCUT2D eigenvalue weighted by Crippen LogP contribution is -2.40. The van der Waals surface area contributed by atoms with Crippen molar-refractivity contribution in [3.63, 3.8) is 0 Å². The maximum atomic E-state index is 12.9. The fourth-order valence-corrected chi connectivity index (χ4v) is 4.19. The topological polar surface area (TPSA) is 74.8 Å². The SMILES string of the molecule is CCC(=O)CCC(C(C)=O)N1Cc2cc(CC(=O)N(CC)c3ccccc3)ccc2C1=O. The molecule has 2 amide bonds. The number of para-hydroxylation sites is 1. The number of carbonyl (C=O) groups excluding carboxylic acids is 4. The molecule has 0 aromatic heterocycles. The van der Waals surface area contributed by atoms with Gasteiger partial charge in [0.05, 0.1) is 12.5 Å². The van der Waals surface area contributed by atoms with Crippen LogP contribution in [-0.2, 0) is 27.3 Å². The number of ketones is 2. The Morgan fingerprint density at radius 3 is 2.41 bits per heavy atom. The van der Waals surface area contributed by atoms with Gasteiger partial charge in [-0.15, -0.1) is 0 Å². The van der Waals surface area contributed by atoms with Crippen molar-refractivity contribution in [2.75, 3.05) is 11.4 Å². The van der Waals surface area contributed by atoms with Crippen molar-refractivity contribution in [2.24, 2.45) is 0 Å². The van der Waals surface area contributed by atoms with Crippen molar-refractivity contribution in [3.8, 4) is 0 Å². The molecule has 1 aliphatic rings. The van der Waals surface area contributed by atoms with Gasteiger partial charge in [-0.05, 0) is 49.6 Å². The minimum Gasteiger partial charge on any atom is -0.324 e. The molecule has 6 nitrogen and oxygen atoms in total. The summed E-state index contributed by atoms with van der Waals surface area (Å²) in [6, 6.07) is 14.4. The summed E-state index contributed by atoms with van der Waals surface area (Å²) in [5.74, 6) is -0.243. The third-order valence-corrected chi connectivity index (χ3v) is 5.98. The summed E-state index contributed by atoms with van der Waals surface area (Å²) in [4.78, 5) is 53.1. The number of carbonyl (C=O) groups is 4. The van der Waals surface area contributed by atoms with E-state index in [9.17, 15) is 19.2 Å². The average Bonchev–Trinajstić information content (AvgIpc) is 3.10. The van der Waals surface area contributed by atoms with Crippen LogP contribution in [0, 0.1) is 0 Å². The van der Waals surface area contributed by atoms with Gasteiger partial charge in [-0.2, -0.15) is 0 Å². The molecule has 1 unspecified atom stereocenters. The van der Waals surface area contributed by atoms with Gasteiger partial charge in [0.25, 0.3) is 5.91 Å². The molecule has 3 rings (SSSR count). The van der Waals surface area contributed by atoms with E-state index in [0.717, 1.165) is 16.8 Å². The number of likely N-dealkylation sites (N-methyl/N-ethyl adjacent to an activating group) is 1. The van der Waals surface area contributed by atoms with Gasteiger partial charge in [-0.1, -0.05) is 37.3 Å². The highest BCUT2D eigenvalue weighted by atomic mass is 16.2. The zero-order chi connectivity index (χ0) is 23.3. The number of rotatable bonds is 10. The van der Waals surface area contributed by atoms with E-state index in [1.165, 1.54) is 6.92 Å². The highest BCUT2D eigenvalue weighted by molar-refractivity contribution is 6.01. The van der Waals surface area contributed by atoms with Crippen LogP contribution in [0.5, 0.6) is 0 Å². The molecule has 32 heavy (non-hydrogen) atoms. The molecule has 1 atom stereocenters. The minimum atomic E-state index is -0.607. The van der Waals surface area contributed by atoms with E-state index in [-0.39, 0.29) is 36.2 Å². The van der Waals surface area contributed by atoms with E-state index in [0.29, 0.717) is 31.5 Å². The van der Waals surface area contributed by atoms with Crippen LogP contribution in [-0.4, -0.2) is 40.9 Å². The molecule has 2 aromatic carbocycles. The molecule has 2 aromatic rings. The standard InChI is InChI=1S/C26H30N2O4/c1-4-22(30)12-14-24(18(3)29)28-17-20-15-19(11-13-23(20)26(28)32)16-25(31)27(5-2)21-9-7-6-8-10-21/h6-11,13,15,24H,4-5,12,14,16-17H2,1-3H3. The largest absolute Gasteiger partial charge is 0.324 e. The number of fused-ring (bicyclic) bond motifs is 1. The van der Waals surface area contributed by atoms with Crippen LogP contribution in [0.2, 0.25) is 0 Å². The van der Waals surface area contributed by atoms with Crippen molar-refractivity contribution in [1.82, 2.24) is 4.90 Å². The lowest BCUT2D eigenvalue weighted by molar-refractivity contribution is -0.123. The van der Waals surface area contributed by atoms with Gasteiger partial charge in [-0.25, -0.2) is 0 Å². The first-order valence-corrected chi connectivity index (χ1v) is 11.2. The second-order valence-corrected chi connectivity index (χ2v) is 8.13. The van der Waals surface area contributed by atoms with E-state index in [4.69, 9.17) is 0 Å². The molecule has 1 heterocycles. The summed E-state index contributed by atoms with van der Waals surface area (Å²) in [5, 5.41) is 0. The molecule has 0 saturated heterocycles. The van der Waals surface area contributed by atoms with Crippen molar-refractivity contribution in [2.45, 2.75) is 59.0 Å². The molecule has 0 aliphatic carbocycles. The smallest absolute Gasteiger partial charge is 0.255 e. The summed E-state index contributed by atoms with van der Waals surface area (Å²) in [6.45, 7) is 6.08. The van der Waals surface area contributed by atoms with Crippen LogP contribution in [0.1, 0.15) is 61.5 Å². The Labute approximate surface area is 189 Å². The first-order chi connectivity index (χ1) is 15.3. The van der Waals surface area contributed by atoms with Gasteiger partial charge in [0.15, 0.2) is 5.78 Å². The molecule has 0 spiro atoms. The van der Waals surface area contributed by atoms with Crippen molar-refractivity contribution in [1.29, 1.82) is 0 Å². The van der Waals surface area contributed by atoms with Crippen molar-refractivity contribution < 1.29 is 19.2 Å². The average molecular weight is 435 g/mol. The maximum absolute atomic E-state index is 12.9. The van der Waals surface area contributed by atoms with E-state index >= 15 is 0 Å². The van der Waals surface area contributed by atoms with Crippen molar-refractivity contribution in [3.05, 3.63) is 65.2 Å². The van der Waals surface area contributed by atoms with E-state index in [1.54, 1.807) is 28.9 Å². The number of Topliss-reactive ketones (excluding diaryl/α,β-unsaturated/α-hetero) is 2. The van der Waals surface area contributed by atoms with Gasteiger partial charge in [-0.3, -0.25) is 19.2 Å². The third kappa shape index (κ3) is 5.13. The monoisotopic (exact) mass is 434 g/mol. The van der Waals surface area contributed by atoms with Crippen molar-refractivity contribution >= 4 is 29.1 Å². The quantitative estimate of drug-likeness (QED) is 0.567. The van der Waals surface area contributed by atoms with Crippen LogP contribution in [0.3, 0.4) is 0 Å². The van der Waals surface area contributed by atoms with E-state index in [1.807, 2.05) is 43.3 Å². The van der Waals surface area contributed by atoms with Gasteiger partial charge in [0.1, 0.15) is 5.78 Å². The lowest BCUT2D eigenvalue weighted by Gasteiger charge is -2.25. The Morgan fingerprint density at radius 1 is 1.06 bits per heavy atom. The predicted molar refractivity (Wildman–Crippen MR) is 123 cm³/mol. The fraction of sp³-hybridized carbons (Fsp3) is 0.385. The Morgan fingerprint density at radius 2 is 1.78 bits per heavy atom. The summed E-state index contributed by atoms with van der Waals surface area (Å²) in [7, 11) is 0. The second-order valence-electron chi connectivity index (χ2n) is 8.13. The minimum absolute atomic E-state index is 0.0143. The van der Waals surface area contributed by atoms with Gasteiger partial charge in [0, 0.05) is 37.2 Å². The molecule has 0 bridgehead atoms. The number of amides is 2. The zero-order valence-electron chi connectivity index (χ0n) is 19.0. The normalized spacial score (nSPS) is 13.6. The van der Waals surface area contributed by atoms with E-state index < -0.39 is 6.04 Å². The fourth-order valence-electron chi connectivity index (χ4n) is 4.19. The molecule has 168 valence electrons. The molecule has 0 fully saturated rings. The van der Waals surface area contributed by atoms with E-state index in [2.05, 4.69) is 0 Å². The van der Waals surface area contributed by atoms with Crippen LogP contribution >= 0.6 is 0 Å². The Bertz CT molecular complexity index is 1020. The van der Waals surface area contributed by atoms with Gasteiger partial charge in [0.2, 0.25) is 5.91 Å². The Balaban J connectivity index is 1.74. The Hall–Kier alpha value is -3.28. The number of hydrogen-bond donors (Lipinski definition) is 0. The summed E-state index contributed by atoms with van der Waals surface area (Å²) in [5.41, 5.74) is 3.06. The summed E-state index contributed by atoms with van der Waals surface area (Å²) >= 11 is 0. The molecule has 1 aliphatic heterocycles. The molecule has 0 N–H and O–H groups in total. The summed E-state index contributed by atoms with van der Waals surface area (Å²) in [6.07, 6.45) is 1.28. The lowest BCUT2D eigenvalue weighted by atomic mass is 10.0. The Kier molecular flexibility index (Phi) is 7.57. The molecular weight excluding hydrogens is 404 g/mol. The van der Waals surface area contributed by atoms with Crippen LogP contribution in [0.15, 0.2) is 48.5 Å². The number of benzene rings is 2. The predicted octanol–water partition coefficient (Wildman–Crippen LogP) is 3.95. The molecule has 0 radical (unpaired) electrons. The maximum Gasteiger partial charge on any atom is 0.255 e. The zero-order valence-corrected chi connectivity index (χ0v) is 19.0. The number of hydrogen-bond acceptors (Lipinski definition) is 4. The van der Waals surface area contributed by atoms with Gasteiger partial charge >= 0.3 is 0 Å². The first kappa shape index (κ1) is 23.4. The van der Waals surface area contributed by atoms with Crippen LogP contribution in [0.25, 0.3) is 0 Å². The highest BCUT2D eigenvalue weighted by Crippen LogP contribution is 2.28. The molecule has 6 heteroatoms. The van der Waals surface area contributed by atoms with Crippen LogP contribution < -0.4 is 4.90 Å². The van der Waals surface area contributed by atoms with Crippen LogP contribution in [0.4, 0.5) is 5.69 Å². The number of anilines is 1.